The van der Waals surface area contributed by atoms with Crippen LogP contribution in [0.5, 0.6) is 5.75 Å². The second-order valence-electron chi connectivity index (χ2n) is 8.04. The van der Waals surface area contributed by atoms with Gasteiger partial charge in [0.1, 0.15) is 11.9 Å². The topological polar surface area (TPSA) is 58.1 Å². The van der Waals surface area contributed by atoms with E-state index in [9.17, 15) is 0 Å². The van der Waals surface area contributed by atoms with E-state index in [1.54, 1.807) is 7.05 Å². The van der Waals surface area contributed by atoms with E-state index in [0.29, 0.717) is 13.2 Å². The first-order valence-corrected chi connectivity index (χ1v) is 11.0. The molecule has 6 heteroatoms. The van der Waals surface area contributed by atoms with Gasteiger partial charge >= 0.3 is 0 Å². The number of aliphatic imine (C=N–C) groups is 1. The van der Waals surface area contributed by atoms with Gasteiger partial charge in [0.25, 0.3) is 0 Å². The number of hydrogen-bond acceptors (Lipinski definition) is 4. The Bertz CT molecular complexity index is 910. The fraction of sp³-hybridized carbons (Fsp3) is 0.400. The van der Waals surface area contributed by atoms with Crippen molar-refractivity contribution in [3.8, 4) is 5.75 Å². The van der Waals surface area contributed by atoms with Gasteiger partial charge in [0, 0.05) is 50.9 Å². The highest BCUT2D eigenvalue weighted by Gasteiger charge is 2.18. The highest BCUT2D eigenvalue weighted by molar-refractivity contribution is 5.79. The lowest BCUT2D eigenvalue weighted by Gasteiger charge is -2.19. The predicted octanol–water partition coefficient (Wildman–Crippen LogP) is 3.40. The van der Waals surface area contributed by atoms with Gasteiger partial charge < -0.3 is 25.0 Å². The van der Waals surface area contributed by atoms with Crippen molar-refractivity contribution in [3.05, 3.63) is 71.3 Å². The normalized spacial score (nSPS) is 18.5. The van der Waals surface area contributed by atoms with Crippen molar-refractivity contribution in [1.29, 1.82) is 0 Å². The second-order valence-corrected chi connectivity index (χ2v) is 8.04. The van der Waals surface area contributed by atoms with E-state index < -0.39 is 0 Å². The van der Waals surface area contributed by atoms with E-state index in [1.165, 1.54) is 16.8 Å². The van der Waals surface area contributed by atoms with E-state index in [-0.39, 0.29) is 6.10 Å². The summed E-state index contributed by atoms with van der Waals surface area (Å²) in [5.74, 6) is 1.69. The van der Waals surface area contributed by atoms with Crippen LogP contribution in [0.25, 0.3) is 0 Å². The number of nitrogens with one attached hydrogen (secondary N) is 2. The summed E-state index contributed by atoms with van der Waals surface area (Å²) in [6, 6.07) is 15.0. The first-order chi connectivity index (χ1) is 15.2. The molecule has 2 aromatic rings. The molecule has 0 aromatic heterocycles. The fourth-order valence-corrected chi connectivity index (χ4v) is 3.80. The number of anilines is 1. The lowest BCUT2D eigenvalue weighted by atomic mass is 10.1. The summed E-state index contributed by atoms with van der Waals surface area (Å²) in [6.45, 7) is 6.87. The molecule has 1 unspecified atom stereocenters. The smallest absolute Gasteiger partial charge is 0.191 e. The first-order valence-electron chi connectivity index (χ1n) is 11.0. The maximum absolute atomic E-state index is 6.20. The van der Waals surface area contributed by atoms with E-state index >= 15 is 0 Å². The molecule has 2 aliphatic heterocycles. The van der Waals surface area contributed by atoms with Crippen LogP contribution in [0.3, 0.4) is 0 Å². The van der Waals surface area contributed by atoms with Crippen LogP contribution in [-0.2, 0) is 17.8 Å². The monoisotopic (exact) mass is 420 g/mol. The minimum atomic E-state index is 0.136. The van der Waals surface area contributed by atoms with Crippen LogP contribution < -0.4 is 20.3 Å². The quantitative estimate of drug-likeness (QED) is 0.408. The molecule has 1 atom stereocenters. The third-order valence-electron chi connectivity index (χ3n) is 5.65. The van der Waals surface area contributed by atoms with Crippen molar-refractivity contribution in [2.45, 2.75) is 32.5 Å². The number of nitrogens with zero attached hydrogens (tertiary/aromatic N) is 2. The molecule has 0 aliphatic carbocycles. The number of aryl methyl sites for hydroxylation is 1. The number of rotatable bonds is 7. The first kappa shape index (κ1) is 21.2. The largest absolute Gasteiger partial charge is 0.488 e. The molecule has 0 amide bonds. The average Bonchev–Trinajstić information content (AvgIpc) is 3.50. The van der Waals surface area contributed by atoms with Gasteiger partial charge in [-0.05, 0) is 36.2 Å². The van der Waals surface area contributed by atoms with Crippen LogP contribution in [0, 0.1) is 6.92 Å². The Balaban J connectivity index is 1.30. The van der Waals surface area contributed by atoms with Crippen molar-refractivity contribution in [2.24, 2.45) is 4.99 Å². The zero-order valence-electron chi connectivity index (χ0n) is 18.4. The van der Waals surface area contributed by atoms with E-state index in [1.807, 2.05) is 0 Å². The SMILES string of the molecule is CN=C(NCc1ccc(N2CC=CC2)cc1)NCc1ccc(C)cc1OC1CCOC1. The molecule has 0 bridgehead atoms. The summed E-state index contributed by atoms with van der Waals surface area (Å²) in [6.07, 6.45) is 5.49. The zero-order valence-corrected chi connectivity index (χ0v) is 18.4. The maximum Gasteiger partial charge on any atom is 0.191 e. The lowest BCUT2D eigenvalue weighted by Crippen LogP contribution is -2.36. The van der Waals surface area contributed by atoms with Crippen LogP contribution in [0.4, 0.5) is 5.69 Å². The Hall–Kier alpha value is -2.99. The fourth-order valence-electron chi connectivity index (χ4n) is 3.80. The van der Waals surface area contributed by atoms with Crippen LogP contribution >= 0.6 is 0 Å². The van der Waals surface area contributed by atoms with Crippen molar-refractivity contribution < 1.29 is 9.47 Å². The van der Waals surface area contributed by atoms with E-state index in [2.05, 4.69) is 82.1 Å². The molecule has 2 N–H and O–H groups in total. The molecule has 0 saturated carbocycles. The van der Waals surface area contributed by atoms with Gasteiger partial charge in [0.2, 0.25) is 0 Å². The van der Waals surface area contributed by atoms with Gasteiger partial charge in [-0.15, -0.1) is 0 Å². The lowest BCUT2D eigenvalue weighted by molar-refractivity contribution is 0.140. The second kappa shape index (κ2) is 10.4. The molecule has 0 radical (unpaired) electrons. The third-order valence-corrected chi connectivity index (χ3v) is 5.65. The minimum absolute atomic E-state index is 0.136. The highest BCUT2D eigenvalue weighted by atomic mass is 16.5. The maximum atomic E-state index is 6.20. The summed E-state index contributed by atoms with van der Waals surface area (Å²) in [7, 11) is 1.79. The van der Waals surface area contributed by atoms with Gasteiger partial charge in [-0.1, -0.05) is 36.4 Å². The molecular formula is C25H32N4O2. The van der Waals surface area contributed by atoms with Gasteiger partial charge in [0.15, 0.2) is 5.96 Å². The van der Waals surface area contributed by atoms with E-state index in [0.717, 1.165) is 49.9 Å². The Morgan fingerprint density at radius 3 is 2.58 bits per heavy atom. The van der Waals surface area contributed by atoms with Gasteiger partial charge in [-0.2, -0.15) is 0 Å². The molecule has 6 nitrogen and oxygen atoms in total. The average molecular weight is 421 g/mol. The number of benzene rings is 2. The summed E-state index contributed by atoms with van der Waals surface area (Å²) in [4.78, 5) is 6.71. The molecule has 1 saturated heterocycles. The van der Waals surface area contributed by atoms with Crippen molar-refractivity contribution >= 4 is 11.6 Å². The Morgan fingerprint density at radius 2 is 1.87 bits per heavy atom. The van der Waals surface area contributed by atoms with Crippen LogP contribution in [-0.4, -0.2) is 45.4 Å². The van der Waals surface area contributed by atoms with Crippen molar-refractivity contribution in [3.63, 3.8) is 0 Å². The molecule has 2 aliphatic rings. The number of hydrogen-bond donors (Lipinski definition) is 2. The van der Waals surface area contributed by atoms with Gasteiger partial charge in [-0.25, -0.2) is 0 Å². The Kier molecular flexibility index (Phi) is 7.10. The number of ether oxygens (including phenoxy) is 2. The third kappa shape index (κ3) is 5.79. The molecular weight excluding hydrogens is 388 g/mol. The molecule has 1 fully saturated rings. The van der Waals surface area contributed by atoms with Crippen LogP contribution in [0.15, 0.2) is 59.6 Å². The predicted molar refractivity (Wildman–Crippen MR) is 126 cm³/mol. The van der Waals surface area contributed by atoms with Crippen LogP contribution in [0.2, 0.25) is 0 Å². The van der Waals surface area contributed by atoms with Gasteiger partial charge in [-0.3, -0.25) is 4.99 Å². The van der Waals surface area contributed by atoms with Crippen LogP contribution in [0.1, 0.15) is 23.1 Å². The Labute approximate surface area is 185 Å². The summed E-state index contributed by atoms with van der Waals surface area (Å²) in [5, 5.41) is 6.81. The summed E-state index contributed by atoms with van der Waals surface area (Å²) in [5.41, 5.74) is 4.78. The molecule has 164 valence electrons. The number of guanidine groups is 1. The van der Waals surface area contributed by atoms with Crippen molar-refractivity contribution in [1.82, 2.24) is 10.6 Å². The standard InChI is InChI=1S/C25H32N4O2/c1-19-5-8-21(24(15-19)31-23-11-14-30-18-23)17-28-25(26-2)27-16-20-6-9-22(10-7-20)29-12-3-4-13-29/h3-10,15,23H,11-14,16-18H2,1-2H3,(H2,26,27,28). The molecule has 31 heavy (non-hydrogen) atoms. The summed E-state index contributed by atoms with van der Waals surface area (Å²) < 4.78 is 11.7. The zero-order chi connectivity index (χ0) is 21.5. The molecule has 2 aromatic carbocycles. The van der Waals surface area contributed by atoms with E-state index in [4.69, 9.17) is 9.47 Å². The highest BCUT2D eigenvalue weighted by Crippen LogP contribution is 2.24. The Morgan fingerprint density at radius 1 is 1.10 bits per heavy atom. The van der Waals surface area contributed by atoms with Crippen molar-refractivity contribution in [2.75, 3.05) is 38.3 Å². The molecule has 4 rings (SSSR count). The van der Waals surface area contributed by atoms with Gasteiger partial charge in [0.05, 0.1) is 13.2 Å². The minimum Gasteiger partial charge on any atom is -0.488 e. The molecule has 0 spiro atoms. The molecule has 2 heterocycles. The summed E-state index contributed by atoms with van der Waals surface area (Å²) >= 11 is 0.